The van der Waals surface area contributed by atoms with Crippen molar-refractivity contribution < 1.29 is 9.90 Å². The number of carbonyl (C=O) groups is 1. The molecular weight excluding hydrogens is 238 g/mol. The molecule has 2 N–H and O–H groups in total. The van der Waals surface area contributed by atoms with Gasteiger partial charge in [-0.3, -0.25) is 4.79 Å². The molecule has 0 fully saturated rings. The van der Waals surface area contributed by atoms with E-state index in [1.54, 1.807) is 12.1 Å². The molecule has 106 valence electrons. The quantitative estimate of drug-likeness (QED) is 0.823. The third-order valence-electron chi connectivity index (χ3n) is 3.19. The lowest BCUT2D eigenvalue weighted by Gasteiger charge is -2.15. The number of carbonyl (C=O) groups excluding carboxylic acids is 1. The van der Waals surface area contributed by atoms with Gasteiger partial charge in [-0.2, -0.15) is 0 Å². The van der Waals surface area contributed by atoms with E-state index in [2.05, 4.69) is 19.2 Å². The molecule has 0 aliphatic carbocycles. The van der Waals surface area contributed by atoms with Crippen LogP contribution in [0.15, 0.2) is 18.2 Å². The van der Waals surface area contributed by atoms with E-state index < -0.39 is 0 Å². The Balaban J connectivity index is 2.50. The van der Waals surface area contributed by atoms with Gasteiger partial charge in [-0.05, 0) is 43.9 Å². The molecule has 0 radical (unpaired) electrons. The molecule has 0 aliphatic heterocycles. The molecule has 0 heterocycles. The van der Waals surface area contributed by atoms with E-state index in [1.807, 2.05) is 19.9 Å². The third kappa shape index (κ3) is 5.33. The Labute approximate surface area is 116 Å². The van der Waals surface area contributed by atoms with E-state index in [4.69, 9.17) is 0 Å². The molecule has 3 heteroatoms. The van der Waals surface area contributed by atoms with E-state index in [1.165, 1.54) is 6.42 Å². The van der Waals surface area contributed by atoms with Gasteiger partial charge < -0.3 is 10.4 Å². The summed E-state index contributed by atoms with van der Waals surface area (Å²) in [6, 6.07) is 5.24. The van der Waals surface area contributed by atoms with E-state index in [-0.39, 0.29) is 17.7 Å². The average Bonchev–Trinajstić information content (AvgIpc) is 2.27. The first-order valence-corrected chi connectivity index (χ1v) is 7.00. The molecule has 1 atom stereocenters. The summed E-state index contributed by atoms with van der Waals surface area (Å²) in [6.45, 7) is 8.29. The largest absolute Gasteiger partial charge is 0.507 e. The molecule has 0 saturated carbocycles. The Morgan fingerprint density at radius 2 is 1.95 bits per heavy atom. The maximum Gasteiger partial charge on any atom is 0.255 e. The summed E-state index contributed by atoms with van der Waals surface area (Å²) in [6.07, 6.45) is 3.26. The summed E-state index contributed by atoms with van der Waals surface area (Å²) in [5.41, 5.74) is 1.29. The van der Waals surface area contributed by atoms with Crippen LogP contribution in [-0.4, -0.2) is 17.1 Å². The summed E-state index contributed by atoms with van der Waals surface area (Å²) >= 11 is 0. The SMILES string of the molecule is Cc1ccc(C(=O)NC(C)CCCC(C)C)c(O)c1. The second kappa shape index (κ2) is 7.17. The summed E-state index contributed by atoms with van der Waals surface area (Å²) in [4.78, 5) is 12.0. The van der Waals surface area contributed by atoms with Gasteiger partial charge in [0.1, 0.15) is 5.75 Å². The van der Waals surface area contributed by atoms with E-state index in [0.29, 0.717) is 11.5 Å². The molecule has 0 aliphatic rings. The number of nitrogens with one attached hydrogen (secondary N) is 1. The lowest BCUT2D eigenvalue weighted by molar-refractivity contribution is 0.0935. The van der Waals surface area contributed by atoms with Gasteiger partial charge in [-0.1, -0.05) is 32.8 Å². The second-order valence-electron chi connectivity index (χ2n) is 5.72. The molecule has 0 bridgehead atoms. The van der Waals surface area contributed by atoms with Crippen LogP contribution in [0.3, 0.4) is 0 Å². The van der Waals surface area contributed by atoms with E-state index >= 15 is 0 Å². The number of phenols is 1. The fourth-order valence-electron chi connectivity index (χ4n) is 2.04. The topological polar surface area (TPSA) is 49.3 Å². The van der Waals surface area contributed by atoms with Crippen LogP contribution in [0.2, 0.25) is 0 Å². The Bertz CT molecular complexity index is 427. The van der Waals surface area contributed by atoms with Gasteiger partial charge in [-0.15, -0.1) is 0 Å². The van der Waals surface area contributed by atoms with Gasteiger partial charge in [0.25, 0.3) is 5.91 Å². The molecule has 1 aromatic rings. The molecule has 3 nitrogen and oxygen atoms in total. The smallest absolute Gasteiger partial charge is 0.255 e. The number of hydrogen-bond acceptors (Lipinski definition) is 2. The minimum Gasteiger partial charge on any atom is -0.507 e. The molecule has 0 saturated heterocycles. The van der Waals surface area contributed by atoms with Gasteiger partial charge in [-0.25, -0.2) is 0 Å². The Morgan fingerprint density at radius 3 is 2.53 bits per heavy atom. The van der Waals surface area contributed by atoms with Crippen LogP contribution >= 0.6 is 0 Å². The molecule has 19 heavy (non-hydrogen) atoms. The van der Waals surface area contributed by atoms with Crippen LogP contribution in [0.5, 0.6) is 5.75 Å². The number of amides is 1. The highest BCUT2D eigenvalue weighted by Crippen LogP contribution is 2.18. The molecule has 1 aromatic carbocycles. The van der Waals surface area contributed by atoms with Gasteiger partial charge in [0, 0.05) is 6.04 Å². The van der Waals surface area contributed by atoms with Gasteiger partial charge >= 0.3 is 0 Å². The Morgan fingerprint density at radius 1 is 1.26 bits per heavy atom. The number of benzene rings is 1. The predicted octanol–water partition coefficient (Wildman–Crippen LogP) is 3.65. The zero-order valence-corrected chi connectivity index (χ0v) is 12.4. The second-order valence-corrected chi connectivity index (χ2v) is 5.72. The Kier molecular flexibility index (Phi) is 5.87. The van der Waals surface area contributed by atoms with Crippen molar-refractivity contribution in [3.8, 4) is 5.75 Å². The highest BCUT2D eigenvalue weighted by molar-refractivity contribution is 5.97. The lowest BCUT2D eigenvalue weighted by Crippen LogP contribution is -2.32. The van der Waals surface area contributed by atoms with Gasteiger partial charge in [0.15, 0.2) is 0 Å². The molecule has 1 rings (SSSR count). The van der Waals surface area contributed by atoms with Crippen LogP contribution < -0.4 is 5.32 Å². The summed E-state index contributed by atoms with van der Waals surface area (Å²) in [5, 5.41) is 12.7. The average molecular weight is 263 g/mol. The van der Waals surface area contributed by atoms with Crippen molar-refractivity contribution in [3.63, 3.8) is 0 Å². The van der Waals surface area contributed by atoms with Crippen LogP contribution in [-0.2, 0) is 0 Å². The van der Waals surface area contributed by atoms with E-state index in [0.717, 1.165) is 18.4 Å². The van der Waals surface area contributed by atoms with Crippen LogP contribution in [0, 0.1) is 12.8 Å². The zero-order chi connectivity index (χ0) is 14.4. The number of phenolic OH excluding ortho intramolecular Hbond substituents is 1. The normalized spacial score (nSPS) is 12.5. The number of aromatic hydroxyl groups is 1. The lowest BCUT2D eigenvalue weighted by atomic mass is 10.0. The van der Waals surface area contributed by atoms with Crippen LogP contribution in [0.25, 0.3) is 0 Å². The zero-order valence-electron chi connectivity index (χ0n) is 12.4. The van der Waals surface area contributed by atoms with Gasteiger partial charge in [0.2, 0.25) is 0 Å². The summed E-state index contributed by atoms with van der Waals surface area (Å²) in [5.74, 6) is 0.547. The van der Waals surface area contributed by atoms with Crippen LogP contribution in [0.4, 0.5) is 0 Å². The van der Waals surface area contributed by atoms with Crippen molar-refractivity contribution in [1.82, 2.24) is 5.32 Å². The minimum atomic E-state index is -0.199. The molecule has 1 amide bonds. The molecule has 1 unspecified atom stereocenters. The highest BCUT2D eigenvalue weighted by atomic mass is 16.3. The van der Waals surface area contributed by atoms with Crippen molar-refractivity contribution in [1.29, 1.82) is 0 Å². The fraction of sp³-hybridized carbons (Fsp3) is 0.562. The third-order valence-corrected chi connectivity index (χ3v) is 3.19. The minimum absolute atomic E-state index is 0.0480. The van der Waals surface area contributed by atoms with Crippen molar-refractivity contribution in [2.45, 2.75) is 53.0 Å². The predicted molar refractivity (Wildman–Crippen MR) is 78.5 cm³/mol. The maximum absolute atomic E-state index is 12.0. The Hall–Kier alpha value is -1.51. The maximum atomic E-state index is 12.0. The molecule has 0 spiro atoms. The van der Waals surface area contributed by atoms with Gasteiger partial charge in [0.05, 0.1) is 5.56 Å². The number of aryl methyl sites for hydroxylation is 1. The summed E-state index contributed by atoms with van der Waals surface area (Å²) in [7, 11) is 0. The number of rotatable bonds is 6. The van der Waals surface area contributed by atoms with Crippen molar-refractivity contribution in [2.75, 3.05) is 0 Å². The first kappa shape index (κ1) is 15.5. The molecule has 0 aromatic heterocycles. The van der Waals surface area contributed by atoms with E-state index in [9.17, 15) is 9.90 Å². The van der Waals surface area contributed by atoms with Crippen molar-refractivity contribution in [2.24, 2.45) is 5.92 Å². The summed E-state index contributed by atoms with van der Waals surface area (Å²) < 4.78 is 0. The first-order valence-electron chi connectivity index (χ1n) is 7.00. The fourth-order valence-corrected chi connectivity index (χ4v) is 2.04. The number of hydrogen-bond donors (Lipinski definition) is 2. The van der Waals surface area contributed by atoms with Crippen molar-refractivity contribution in [3.05, 3.63) is 29.3 Å². The standard InChI is InChI=1S/C16H25NO2/c1-11(2)6-5-7-13(4)17-16(19)14-9-8-12(3)10-15(14)18/h8-11,13,18H,5-7H2,1-4H3,(H,17,19). The highest BCUT2D eigenvalue weighted by Gasteiger charge is 2.13. The first-order chi connectivity index (χ1) is 8.90. The molecular formula is C16H25NO2. The van der Waals surface area contributed by atoms with Crippen LogP contribution in [0.1, 0.15) is 56.0 Å². The monoisotopic (exact) mass is 263 g/mol. The van der Waals surface area contributed by atoms with Crippen molar-refractivity contribution >= 4 is 5.91 Å².